The quantitative estimate of drug-likeness (QED) is 0.195. The van der Waals surface area contributed by atoms with E-state index in [0.717, 1.165) is 40.1 Å². The number of benzene rings is 5. The van der Waals surface area contributed by atoms with E-state index < -0.39 is 0 Å². The van der Waals surface area contributed by atoms with Gasteiger partial charge in [0.1, 0.15) is 11.5 Å². The van der Waals surface area contributed by atoms with Crippen LogP contribution in [0.1, 0.15) is 76.0 Å². The molecule has 0 fully saturated rings. The highest BCUT2D eigenvalue weighted by atomic mass is 16.5. The predicted molar refractivity (Wildman–Crippen MR) is 181 cm³/mol. The van der Waals surface area contributed by atoms with E-state index in [1.165, 1.54) is 33.1 Å². The Morgan fingerprint density at radius 2 is 1.02 bits per heavy atom. The minimum absolute atomic E-state index is 0.0780. The molecule has 0 radical (unpaired) electrons. The lowest BCUT2D eigenvalue weighted by Gasteiger charge is -2.35. The van der Waals surface area contributed by atoms with E-state index in [9.17, 15) is 0 Å². The maximum absolute atomic E-state index is 6.74. The average Bonchev–Trinajstić information content (AvgIpc) is 3.01. The molecular formula is C39H38BNO2. The maximum atomic E-state index is 6.74. The summed E-state index contributed by atoms with van der Waals surface area (Å²) in [6, 6.07) is 36.7. The second-order valence-corrected chi connectivity index (χ2v) is 12.7. The third kappa shape index (κ3) is 4.61. The van der Waals surface area contributed by atoms with Gasteiger partial charge in [-0.15, -0.1) is 0 Å². The Labute approximate surface area is 256 Å². The molecule has 0 saturated carbocycles. The second kappa shape index (κ2) is 10.7. The van der Waals surface area contributed by atoms with E-state index >= 15 is 0 Å². The molecule has 0 atom stereocenters. The lowest BCUT2D eigenvalue weighted by atomic mass is 9.34. The Kier molecular flexibility index (Phi) is 6.81. The standard InChI is InChI=1S/C39H38BNO2/c1-24(2)27-21-29(25(3)4)39(30(22-27)26(5)6)40-31-13-7-10-16-35(31)42-38-23-28(19-20-32(38)40)41-33-14-8-11-17-36(33)43-37-18-12-9-15-34(37)41/h7-26H,1-6H3. The van der Waals surface area contributed by atoms with Gasteiger partial charge in [-0.1, -0.05) is 108 Å². The maximum Gasteiger partial charge on any atom is 0.251 e. The number of fused-ring (bicyclic) bond motifs is 4. The fourth-order valence-corrected chi connectivity index (χ4v) is 6.73. The first kappa shape index (κ1) is 27.4. The van der Waals surface area contributed by atoms with Gasteiger partial charge >= 0.3 is 0 Å². The molecule has 0 bridgehead atoms. The fourth-order valence-electron chi connectivity index (χ4n) is 6.73. The van der Waals surface area contributed by atoms with Gasteiger partial charge in [0.05, 0.1) is 17.1 Å². The van der Waals surface area contributed by atoms with Gasteiger partial charge in [-0.3, -0.25) is 0 Å². The van der Waals surface area contributed by atoms with Crippen LogP contribution < -0.4 is 30.8 Å². The average molecular weight is 564 g/mol. The van der Waals surface area contributed by atoms with Crippen molar-refractivity contribution in [2.45, 2.75) is 59.3 Å². The highest BCUT2D eigenvalue weighted by Crippen LogP contribution is 2.50. The van der Waals surface area contributed by atoms with E-state index in [-0.39, 0.29) is 6.71 Å². The van der Waals surface area contributed by atoms with E-state index in [1.807, 2.05) is 24.3 Å². The molecule has 4 heteroatoms. The van der Waals surface area contributed by atoms with Crippen molar-refractivity contribution in [2.75, 3.05) is 4.90 Å². The summed E-state index contributed by atoms with van der Waals surface area (Å²) in [5, 5.41) is 0. The second-order valence-electron chi connectivity index (χ2n) is 12.7. The molecule has 0 amide bonds. The summed E-state index contributed by atoms with van der Waals surface area (Å²) in [7, 11) is 0. The van der Waals surface area contributed by atoms with Crippen molar-refractivity contribution in [1.29, 1.82) is 0 Å². The van der Waals surface area contributed by atoms with Crippen LogP contribution in [-0.2, 0) is 0 Å². The van der Waals surface area contributed by atoms with Crippen LogP contribution in [0.2, 0.25) is 0 Å². The van der Waals surface area contributed by atoms with Crippen molar-refractivity contribution in [3.8, 4) is 23.0 Å². The summed E-state index contributed by atoms with van der Waals surface area (Å²) >= 11 is 0. The molecule has 0 unspecified atom stereocenters. The summed E-state index contributed by atoms with van der Waals surface area (Å²) in [6.45, 7) is 14.0. The number of ether oxygens (including phenoxy) is 2. The molecule has 5 aromatic carbocycles. The van der Waals surface area contributed by atoms with Crippen LogP contribution in [-0.4, -0.2) is 6.71 Å². The molecule has 2 aliphatic heterocycles. The minimum atomic E-state index is 0.0780. The van der Waals surface area contributed by atoms with Crippen LogP contribution in [0.4, 0.5) is 17.1 Å². The summed E-state index contributed by atoms with van der Waals surface area (Å²) in [5.74, 6) is 4.78. The van der Waals surface area contributed by atoms with Gasteiger partial charge in [-0.25, -0.2) is 0 Å². The Morgan fingerprint density at radius 1 is 0.512 bits per heavy atom. The molecule has 0 N–H and O–H groups in total. The summed E-state index contributed by atoms with van der Waals surface area (Å²) < 4.78 is 13.0. The summed E-state index contributed by atoms with van der Waals surface area (Å²) in [5.41, 5.74) is 11.2. The Hall–Kier alpha value is -4.44. The SMILES string of the molecule is CC(C)c1cc(C(C)C)c(B2c3ccccc3Oc3cc(N4c5ccccc5Oc5ccccc54)ccc32)c(C(C)C)c1. The van der Waals surface area contributed by atoms with Crippen molar-refractivity contribution in [2.24, 2.45) is 0 Å². The number of hydrogen-bond acceptors (Lipinski definition) is 3. The molecular weight excluding hydrogens is 525 g/mol. The number of para-hydroxylation sites is 5. The monoisotopic (exact) mass is 563 g/mol. The van der Waals surface area contributed by atoms with Crippen molar-refractivity contribution in [3.05, 3.63) is 120 Å². The molecule has 214 valence electrons. The number of hydrogen-bond donors (Lipinski definition) is 0. The lowest BCUT2D eigenvalue weighted by molar-refractivity contribution is 0.476. The van der Waals surface area contributed by atoms with E-state index in [0.29, 0.717) is 17.8 Å². The van der Waals surface area contributed by atoms with Crippen LogP contribution in [0.15, 0.2) is 103 Å². The highest BCUT2D eigenvalue weighted by molar-refractivity contribution is 6.97. The molecule has 3 nitrogen and oxygen atoms in total. The number of anilines is 3. The van der Waals surface area contributed by atoms with Crippen LogP contribution in [0.5, 0.6) is 23.0 Å². The van der Waals surface area contributed by atoms with E-state index in [1.54, 1.807) is 0 Å². The topological polar surface area (TPSA) is 21.7 Å². The largest absolute Gasteiger partial charge is 0.458 e. The molecule has 0 saturated heterocycles. The zero-order valence-electron chi connectivity index (χ0n) is 25.9. The number of nitrogens with zero attached hydrogens (tertiary/aromatic N) is 1. The van der Waals surface area contributed by atoms with E-state index in [4.69, 9.17) is 9.47 Å². The Balaban J connectivity index is 1.45. The smallest absolute Gasteiger partial charge is 0.251 e. The fraction of sp³-hybridized carbons (Fsp3) is 0.231. The molecule has 2 heterocycles. The summed E-state index contributed by atoms with van der Waals surface area (Å²) in [4.78, 5) is 2.28. The first-order chi connectivity index (χ1) is 20.8. The molecule has 0 aliphatic carbocycles. The van der Waals surface area contributed by atoms with Gasteiger partial charge in [-0.2, -0.15) is 0 Å². The molecule has 0 aromatic heterocycles. The zero-order valence-corrected chi connectivity index (χ0v) is 25.9. The van der Waals surface area contributed by atoms with Gasteiger partial charge in [0.15, 0.2) is 11.5 Å². The molecule has 43 heavy (non-hydrogen) atoms. The minimum Gasteiger partial charge on any atom is -0.458 e. The highest BCUT2D eigenvalue weighted by Gasteiger charge is 2.37. The van der Waals surface area contributed by atoms with Gasteiger partial charge in [0.2, 0.25) is 0 Å². The zero-order chi connectivity index (χ0) is 29.8. The third-order valence-corrected chi connectivity index (χ3v) is 8.91. The van der Waals surface area contributed by atoms with Gasteiger partial charge in [0.25, 0.3) is 6.71 Å². The van der Waals surface area contributed by atoms with Crippen molar-refractivity contribution in [1.82, 2.24) is 0 Å². The van der Waals surface area contributed by atoms with Crippen LogP contribution >= 0.6 is 0 Å². The first-order valence-corrected chi connectivity index (χ1v) is 15.6. The van der Waals surface area contributed by atoms with Crippen molar-refractivity contribution in [3.63, 3.8) is 0 Å². The van der Waals surface area contributed by atoms with E-state index in [2.05, 4.69) is 125 Å². The Bertz CT molecular complexity index is 1770. The van der Waals surface area contributed by atoms with Crippen molar-refractivity contribution < 1.29 is 9.47 Å². The predicted octanol–water partition coefficient (Wildman–Crippen LogP) is 9.25. The third-order valence-electron chi connectivity index (χ3n) is 8.91. The normalized spacial score (nSPS) is 13.3. The van der Waals surface area contributed by atoms with Gasteiger partial charge < -0.3 is 14.4 Å². The van der Waals surface area contributed by atoms with Crippen LogP contribution in [0, 0.1) is 0 Å². The molecule has 5 aromatic rings. The van der Waals surface area contributed by atoms with Crippen molar-refractivity contribution >= 4 is 40.2 Å². The molecule has 7 rings (SSSR count). The number of rotatable bonds is 5. The first-order valence-electron chi connectivity index (χ1n) is 15.6. The van der Waals surface area contributed by atoms with Gasteiger partial charge in [-0.05, 0) is 81.8 Å². The summed E-state index contributed by atoms with van der Waals surface area (Å²) in [6.07, 6.45) is 0. The Morgan fingerprint density at radius 3 is 1.60 bits per heavy atom. The lowest BCUT2D eigenvalue weighted by Crippen LogP contribution is -2.57. The molecule has 2 aliphatic rings. The van der Waals surface area contributed by atoms with Gasteiger partial charge in [0, 0.05) is 6.07 Å². The van der Waals surface area contributed by atoms with Crippen LogP contribution in [0.25, 0.3) is 0 Å². The van der Waals surface area contributed by atoms with Crippen LogP contribution in [0.3, 0.4) is 0 Å². The molecule has 0 spiro atoms.